The summed E-state index contributed by atoms with van der Waals surface area (Å²) in [4.78, 5) is 33.9. The number of hydrogen-bond donors (Lipinski definition) is 1. The molecule has 0 aliphatic carbocycles. The smallest absolute Gasteiger partial charge is 0.416 e. The van der Waals surface area contributed by atoms with Crippen molar-refractivity contribution in [1.29, 1.82) is 0 Å². The van der Waals surface area contributed by atoms with E-state index < -0.39 is 12.1 Å². The quantitative estimate of drug-likeness (QED) is 0.764. The molecule has 1 unspecified atom stereocenters. The van der Waals surface area contributed by atoms with Gasteiger partial charge in [-0.2, -0.15) is 0 Å². The highest BCUT2D eigenvalue weighted by atomic mass is 32.2. The van der Waals surface area contributed by atoms with Crippen molar-refractivity contribution in [2.45, 2.75) is 18.6 Å². The Kier molecular flexibility index (Phi) is 4.60. The van der Waals surface area contributed by atoms with E-state index in [-0.39, 0.29) is 36.5 Å². The Balaban J connectivity index is 2.29. The van der Waals surface area contributed by atoms with E-state index in [0.717, 1.165) is 4.90 Å². The zero-order valence-corrected chi connectivity index (χ0v) is 9.66. The molecule has 0 aromatic carbocycles. The van der Waals surface area contributed by atoms with Crippen molar-refractivity contribution < 1.29 is 24.2 Å². The highest BCUT2D eigenvalue weighted by Crippen LogP contribution is 2.15. The highest BCUT2D eigenvalue weighted by Gasteiger charge is 2.28. The Hall–Kier alpha value is -1.24. The minimum Gasteiger partial charge on any atom is -0.481 e. The molecule has 1 N–H and O–H groups in total. The van der Waals surface area contributed by atoms with Crippen LogP contribution in [0, 0.1) is 0 Å². The number of aliphatic carboxylic acids is 1. The molecule has 1 heterocycles. The molecule has 1 aliphatic rings. The van der Waals surface area contributed by atoms with Gasteiger partial charge in [-0.15, -0.1) is 11.8 Å². The van der Waals surface area contributed by atoms with Crippen LogP contribution in [-0.2, 0) is 14.3 Å². The Bertz CT molecular complexity index is 306. The number of amides is 2. The molecule has 2 amide bonds. The Morgan fingerprint density at radius 2 is 2.31 bits per heavy atom. The second kappa shape index (κ2) is 5.74. The number of carbonyl (C=O) groups excluding carboxylic acids is 2. The maximum Gasteiger partial charge on any atom is 0.416 e. The van der Waals surface area contributed by atoms with E-state index in [0.29, 0.717) is 0 Å². The third-order valence-electron chi connectivity index (χ3n) is 2.02. The number of hydrogen-bond acceptors (Lipinski definition) is 5. The predicted molar refractivity (Wildman–Crippen MR) is 57.2 cm³/mol. The van der Waals surface area contributed by atoms with Crippen molar-refractivity contribution in [3.05, 3.63) is 0 Å². The van der Waals surface area contributed by atoms with Crippen molar-refractivity contribution in [3.8, 4) is 0 Å². The molecule has 1 atom stereocenters. The highest BCUT2D eigenvalue weighted by molar-refractivity contribution is 8.00. The summed E-state index contributed by atoms with van der Waals surface area (Å²) < 4.78 is 4.62. The predicted octanol–water partition coefficient (Wildman–Crippen LogP) is 0.562. The standard InChI is InChI=1S/C9H13NO5S/c1-6(4-8(12)13)16-5-7(11)10-2-3-15-9(10)14/h6H,2-5H2,1H3,(H,12,13). The molecule has 0 saturated carbocycles. The van der Waals surface area contributed by atoms with Crippen molar-refractivity contribution in [1.82, 2.24) is 4.90 Å². The molecular weight excluding hydrogens is 234 g/mol. The van der Waals surface area contributed by atoms with Gasteiger partial charge in [-0.3, -0.25) is 9.59 Å². The van der Waals surface area contributed by atoms with Crippen LogP contribution < -0.4 is 0 Å². The molecule has 1 fully saturated rings. The minimum atomic E-state index is -0.895. The summed E-state index contributed by atoms with van der Waals surface area (Å²) >= 11 is 1.22. The Labute approximate surface area is 96.9 Å². The first kappa shape index (κ1) is 12.8. The number of cyclic esters (lactones) is 1. The molecular formula is C9H13NO5S. The maximum atomic E-state index is 11.5. The Morgan fingerprint density at radius 3 is 2.81 bits per heavy atom. The third kappa shape index (κ3) is 3.73. The first-order valence-corrected chi connectivity index (χ1v) is 5.86. The second-order valence-corrected chi connectivity index (χ2v) is 4.81. The van der Waals surface area contributed by atoms with Crippen molar-refractivity contribution >= 4 is 29.7 Å². The molecule has 0 radical (unpaired) electrons. The number of carboxylic acids is 1. The van der Waals surface area contributed by atoms with Crippen LogP contribution in [-0.4, -0.2) is 52.1 Å². The summed E-state index contributed by atoms with van der Waals surface area (Å²) in [6.45, 7) is 2.25. The van der Waals surface area contributed by atoms with Gasteiger partial charge in [0.2, 0.25) is 5.91 Å². The van der Waals surface area contributed by atoms with Gasteiger partial charge < -0.3 is 9.84 Å². The summed E-state index contributed by atoms with van der Waals surface area (Å²) in [6, 6.07) is 0. The van der Waals surface area contributed by atoms with E-state index >= 15 is 0 Å². The SMILES string of the molecule is CC(CC(=O)O)SCC(=O)N1CCOC1=O. The topological polar surface area (TPSA) is 83.9 Å². The van der Waals surface area contributed by atoms with Gasteiger partial charge in [0, 0.05) is 5.25 Å². The molecule has 0 aromatic heterocycles. The summed E-state index contributed by atoms with van der Waals surface area (Å²) in [5, 5.41) is 8.37. The fraction of sp³-hybridized carbons (Fsp3) is 0.667. The number of rotatable bonds is 5. The fourth-order valence-corrected chi connectivity index (χ4v) is 2.06. The number of nitrogens with zero attached hydrogens (tertiary/aromatic N) is 1. The van der Waals surface area contributed by atoms with Gasteiger partial charge in [0.15, 0.2) is 0 Å². The molecule has 0 spiro atoms. The lowest BCUT2D eigenvalue weighted by molar-refractivity contribution is -0.137. The molecule has 1 rings (SSSR count). The number of carbonyl (C=O) groups is 3. The van der Waals surface area contributed by atoms with Crippen LogP contribution >= 0.6 is 11.8 Å². The maximum absolute atomic E-state index is 11.5. The van der Waals surface area contributed by atoms with Gasteiger partial charge in [-0.1, -0.05) is 6.92 Å². The zero-order valence-electron chi connectivity index (χ0n) is 8.84. The van der Waals surface area contributed by atoms with Crippen LogP contribution in [0.3, 0.4) is 0 Å². The van der Waals surface area contributed by atoms with E-state index in [9.17, 15) is 14.4 Å². The lowest BCUT2D eigenvalue weighted by Gasteiger charge is -2.12. The monoisotopic (exact) mass is 247 g/mol. The summed E-state index contributed by atoms with van der Waals surface area (Å²) in [5.74, 6) is -1.12. The molecule has 90 valence electrons. The van der Waals surface area contributed by atoms with Gasteiger partial charge >= 0.3 is 12.1 Å². The first-order chi connectivity index (χ1) is 7.50. The third-order valence-corrected chi connectivity index (χ3v) is 3.16. The lowest BCUT2D eigenvalue weighted by Crippen LogP contribution is -2.33. The number of carboxylic acid groups (broad SMARTS) is 1. The molecule has 1 aliphatic heterocycles. The molecule has 0 bridgehead atoms. The van der Waals surface area contributed by atoms with E-state index in [1.54, 1.807) is 6.92 Å². The fourth-order valence-electron chi connectivity index (χ4n) is 1.22. The van der Waals surface area contributed by atoms with Crippen LogP contribution in [0.4, 0.5) is 4.79 Å². The summed E-state index contributed by atoms with van der Waals surface area (Å²) in [6.07, 6.45) is -0.612. The zero-order chi connectivity index (χ0) is 12.1. The van der Waals surface area contributed by atoms with Crippen molar-refractivity contribution in [3.63, 3.8) is 0 Å². The van der Waals surface area contributed by atoms with Gasteiger partial charge in [-0.25, -0.2) is 9.69 Å². The summed E-state index contributed by atoms with van der Waals surface area (Å²) in [7, 11) is 0. The van der Waals surface area contributed by atoms with E-state index in [2.05, 4.69) is 4.74 Å². The van der Waals surface area contributed by atoms with Crippen LogP contribution in [0.2, 0.25) is 0 Å². The van der Waals surface area contributed by atoms with E-state index in [1.165, 1.54) is 11.8 Å². The van der Waals surface area contributed by atoms with Gasteiger partial charge in [0.1, 0.15) is 6.61 Å². The van der Waals surface area contributed by atoms with Crippen molar-refractivity contribution in [2.75, 3.05) is 18.9 Å². The number of thioether (sulfide) groups is 1. The molecule has 6 nitrogen and oxygen atoms in total. The van der Waals surface area contributed by atoms with Crippen molar-refractivity contribution in [2.24, 2.45) is 0 Å². The minimum absolute atomic E-state index is 0.00237. The van der Waals surface area contributed by atoms with E-state index in [4.69, 9.17) is 5.11 Å². The molecule has 16 heavy (non-hydrogen) atoms. The lowest BCUT2D eigenvalue weighted by atomic mass is 10.3. The number of ether oxygens (including phenoxy) is 1. The largest absolute Gasteiger partial charge is 0.481 e. The Morgan fingerprint density at radius 1 is 1.62 bits per heavy atom. The first-order valence-electron chi connectivity index (χ1n) is 4.81. The molecule has 1 saturated heterocycles. The summed E-state index contributed by atoms with van der Waals surface area (Å²) in [5.41, 5.74) is 0. The normalized spacial score (nSPS) is 17.1. The van der Waals surface area contributed by atoms with Gasteiger partial charge in [-0.05, 0) is 0 Å². The van der Waals surface area contributed by atoms with Crippen LogP contribution in [0.5, 0.6) is 0 Å². The van der Waals surface area contributed by atoms with Crippen LogP contribution in [0.25, 0.3) is 0 Å². The van der Waals surface area contributed by atoms with E-state index in [1.807, 2.05) is 0 Å². The molecule has 7 heteroatoms. The van der Waals surface area contributed by atoms with Crippen LogP contribution in [0.1, 0.15) is 13.3 Å². The second-order valence-electron chi connectivity index (χ2n) is 3.38. The average molecular weight is 247 g/mol. The number of imide groups is 1. The van der Waals surface area contributed by atoms with Gasteiger partial charge in [0.25, 0.3) is 0 Å². The molecule has 0 aromatic rings. The van der Waals surface area contributed by atoms with Crippen LogP contribution in [0.15, 0.2) is 0 Å². The average Bonchev–Trinajstić information content (AvgIpc) is 2.60. The van der Waals surface area contributed by atoms with Gasteiger partial charge in [0.05, 0.1) is 18.7 Å².